The van der Waals surface area contributed by atoms with Crippen molar-refractivity contribution >= 4 is 17.7 Å². The highest BCUT2D eigenvalue weighted by Crippen LogP contribution is 2.45. The number of amides is 3. The maximum absolute atomic E-state index is 13.1. The van der Waals surface area contributed by atoms with Gasteiger partial charge in [-0.3, -0.25) is 14.5 Å². The summed E-state index contributed by atoms with van der Waals surface area (Å²) in [5.74, 6) is 0.104. The molecule has 0 radical (unpaired) electrons. The zero-order valence-corrected chi connectivity index (χ0v) is 15.4. The second-order valence-electron chi connectivity index (χ2n) is 7.69. The van der Waals surface area contributed by atoms with E-state index in [4.69, 9.17) is 0 Å². The van der Waals surface area contributed by atoms with Crippen LogP contribution >= 0.6 is 0 Å². The lowest BCUT2D eigenvalue weighted by Crippen LogP contribution is -2.52. The topological polar surface area (TPSA) is 57.7 Å². The van der Waals surface area contributed by atoms with E-state index in [1.165, 1.54) is 0 Å². The number of nitrogens with zero attached hydrogens (tertiary/aromatic N) is 2. The standard InChI is InChI=1S/C20H26N2O3/c1-13-7-5-9-15(11-13)17(23)12-22-18(24)20(3,21(4)19(22)25)16-10-6-8-14(16)2/h5,7,9,11,14,16H,6,8,10,12H2,1-4H3. The van der Waals surface area contributed by atoms with Crippen molar-refractivity contribution in [3.63, 3.8) is 0 Å². The van der Waals surface area contributed by atoms with E-state index in [0.717, 1.165) is 29.7 Å². The van der Waals surface area contributed by atoms with Crippen LogP contribution in [0.2, 0.25) is 0 Å². The van der Waals surface area contributed by atoms with Gasteiger partial charge in [0.05, 0.1) is 6.54 Å². The van der Waals surface area contributed by atoms with Crippen LogP contribution in [-0.2, 0) is 4.79 Å². The molecule has 1 saturated heterocycles. The molecular formula is C20H26N2O3. The number of hydrogen-bond acceptors (Lipinski definition) is 3. The molecule has 1 aromatic carbocycles. The van der Waals surface area contributed by atoms with E-state index < -0.39 is 5.54 Å². The number of hydrogen-bond donors (Lipinski definition) is 0. The van der Waals surface area contributed by atoms with Gasteiger partial charge < -0.3 is 4.90 Å². The minimum absolute atomic E-state index is 0.146. The van der Waals surface area contributed by atoms with Crippen LogP contribution in [0.1, 0.15) is 49.0 Å². The van der Waals surface area contributed by atoms with Gasteiger partial charge in [-0.05, 0) is 38.2 Å². The fraction of sp³-hybridized carbons (Fsp3) is 0.550. The van der Waals surface area contributed by atoms with E-state index in [0.29, 0.717) is 11.5 Å². The third kappa shape index (κ3) is 2.75. The number of benzene rings is 1. The average molecular weight is 342 g/mol. The summed E-state index contributed by atoms with van der Waals surface area (Å²) < 4.78 is 0. The zero-order chi connectivity index (χ0) is 18.4. The number of likely N-dealkylation sites (N-methyl/N-ethyl adjacent to an activating group) is 1. The molecule has 0 N–H and O–H groups in total. The number of Topliss-reactive ketones (excluding diaryl/α,β-unsaturated/α-hetero) is 1. The molecule has 134 valence electrons. The Hall–Kier alpha value is -2.17. The van der Waals surface area contributed by atoms with Gasteiger partial charge in [-0.1, -0.05) is 43.5 Å². The zero-order valence-electron chi connectivity index (χ0n) is 15.4. The van der Waals surface area contributed by atoms with Crippen molar-refractivity contribution in [2.75, 3.05) is 13.6 Å². The Kier molecular flexibility index (Phi) is 4.43. The van der Waals surface area contributed by atoms with Crippen LogP contribution in [0.15, 0.2) is 24.3 Å². The first-order valence-electron chi connectivity index (χ1n) is 8.96. The number of carbonyl (C=O) groups excluding carboxylic acids is 3. The SMILES string of the molecule is Cc1cccc(C(=O)CN2C(=O)N(C)C(C)(C3CCCC3C)C2=O)c1. The lowest BCUT2D eigenvalue weighted by molar-refractivity contribution is -0.135. The number of aryl methyl sites for hydroxylation is 1. The lowest BCUT2D eigenvalue weighted by Gasteiger charge is -2.36. The molecule has 1 heterocycles. The molecule has 2 fully saturated rings. The molecule has 1 aromatic rings. The molecule has 2 aliphatic rings. The van der Waals surface area contributed by atoms with Crippen molar-refractivity contribution in [2.45, 2.75) is 45.6 Å². The van der Waals surface area contributed by atoms with Crippen LogP contribution in [0.5, 0.6) is 0 Å². The Morgan fingerprint density at radius 2 is 2.00 bits per heavy atom. The Balaban J connectivity index is 1.84. The monoisotopic (exact) mass is 342 g/mol. The van der Waals surface area contributed by atoms with Crippen molar-refractivity contribution in [1.82, 2.24) is 9.80 Å². The Labute approximate surface area is 149 Å². The highest BCUT2D eigenvalue weighted by Gasteiger charge is 2.58. The molecule has 3 unspecified atom stereocenters. The first-order valence-corrected chi connectivity index (χ1v) is 8.96. The van der Waals surface area contributed by atoms with Gasteiger partial charge in [-0.25, -0.2) is 4.79 Å². The van der Waals surface area contributed by atoms with Crippen molar-refractivity contribution in [1.29, 1.82) is 0 Å². The van der Waals surface area contributed by atoms with Crippen molar-refractivity contribution in [3.05, 3.63) is 35.4 Å². The highest BCUT2D eigenvalue weighted by molar-refractivity contribution is 6.11. The smallest absolute Gasteiger partial charge is 0.313 e. The van der Waals surface area contributed by atoms with Gasteiger partial charge in [-0.2, -0.15) is 0 Å². The highest BCUT2D eigenvalue weighted by atomic mass is 16.2. The van der Waals surface area contributed by atoms with Gasteiger partial charge in [0.1, 0.15) is 5.54 Å². The number of imide groups is 1. The van der Waals surface area contributed by atoms with Crippen LogP contribution in [0.3, 0.4) is 0 Å². The van der Waals surface area contributed by atoms with Gasteiger partial charge >= 0.3 is 6.03 Å². The number of urea groups is 1. The van der Waals surface area contributed by atoms with Crippen LogP contribution < -0.4 is 0 Å². The lowest BCUT2D eigenvalue weighted by atomic mass is 9.78. The summed E-state index contributed by atoms with van der Waals surface area (Å²) in [5.41, 5.74) is 0.664. The van der Waals surface area contributed by atoms with Crippen molar-refractivity contribution < 1.29 is 14.4 Å². The summed E-state index contributed by atoms with van der Waals surface area (Å²) >= 11 is 0. The predicted octanol–water partition coefficient (Wildman–Crippen LogP) is 3.27. The van der Waals surface area contributed by atoms with E-state index in [9.17, 15) is 14.4 Å². The fourth-order valence-electron chi connectivity index (χ4n) is 4.46. The van der Waals surface area contributed by atoms with Crippen LogP contribution in [-0.4, -0.2) is 46.7 Å². The van der Waals surface area contributed by atoms with E-state index in [2.05, 4.69) is 6.92 Å². The average Bonchev–Trinajstić information content (AvgIpc) is 3.08. The molecule has 5 heteroatoms. The Bertz CT molecular complexity index is 729. The van der Waals surface area contributed by atoms with Gasteiger partial charge in [0.15, 0.2) is 5.78 Å². The first-order chi connectivity index (χ1) is 11.8. The number of carbonyl (C=O) groups is 3. The third-order valence-electron chi connectivity index (χ3n) is 6.12. The first kappa shape index (κ1) is 17.6. The predicted molar refractivity (Wildman–Crippen MR) is 95.3 cm³/mol. The normalized spacial score (nSPS) is 29.6. The maximum Gasteiger partial charge on any atom is 0.327 e. The second kappa shape index (κ2) is 6.28. The van der Waals surface area contributed by atoms with Gasteiger partial charge in [0.25, 0.3) is 5.91 Å². The Morgan fingerprint density at radius 1 is 1.28 bits per heavy atom. The van der Waals surface area contributed by atoms with E-state index in [-0.39, 0.29) is 30.2 Å². The van der Waals surface area contributed by atoms with E-state index in [1.807, 2.05) is 26.0 Å². The molecule has 0 spiro atoms. The molecule has 1 aliphatic heterocycles. The minimum Gasteiger partial charge on any atom is -0.313 e. The second-order valence-corrected chi connectivity index (χ2v) is 7.69. The van der Waals surface area contributed by atoms with Gasteiger partial charge in [-0.15, -0.1) is 0 Å². The third-order valence-corrected chi connectivity index (χ3v) is 6.12. The summed E-state index contributed by atoms with van der Waals surface area (Å²) in [6.07, 6.45) is 3.11. The van der Waals surface area contributed by atoms with Crippen LogP contribution in [0.25, 0.3) is 0 Å². The molecular weight excluding hydrogens is 316 g/mol. The molecule has 0 aromatic heterocycles. The molecule has 3 amide bonds. The largest absolute Gasteiger partial charge is 0.327 e. The number of rotatable bonds is 4. The summed E-state index contributed by atoms with van der Waals surface area (Å²) in [4.78, 5) is 41.1. The summed E-state index contributed by atoms with van der Waals surface area (Å²) in [6.45, 7) is 5.73. The molecule has 5 nitrogen and oxygen atoms in total. The van der Waals surface area contributed by atoms with E-state index >= 15 is 0 Å². The summed E-state index contributed by atoms with van der Waals surface area (Å²) in [5, 5.41) is 0. The van der Waals surface area contributed by atoms with Crippen LogP contribution in [0.4, 0.5) is 4.79 Å². The fourth-order valence-corrected chi connectivity index (χ4v) is 4.46. The quantitative estimate of drug-likeness (QED) is 0.623. The Morgan fingerprint density at radius 3 is 2.60 bits per heavy atom. The molecule has 25 heavy (non-hydrogen) atoms. The van der Waals surface area contributed by atoms with Crippen molar-refractivity contribution in [2.24, 2.45) is 11.8 Å². The molecule has 0 bridgehead atoms. The molecule has 1 aliphatic carbocycles. The van der Waals surface area contributed by atoms with Gasteiger partial charge in [0, 0.05) is 12.6 Å². The van der Waals surface area contributed by atoms with Crippen molar-refractivity contribution in [3.8, 4) is 0 Å². The van der Waals surface area contributed by atoms with Gasteiger partial charge in [0.2, 0.25) is 0 Å². The van der Waals surface area contributed by atoms with E-state index in [1.54, 1.807) is 24.1 Å². The van der Waals surface area contributed by atoms with Crippen LogP contribution in [0, 0.1) is 18.8 Å². The molecule has 1 saturated carbocycles. The minimum atomic E-state index is -0.847. The molecule has 3 atom stereocenters. The molecule has 3 rings (SSSR count). The summed E-state index contributed by atoms with van der Waals surface area (Å²) in [7, 11) is 1.68. The number of ketones is 1. The maximum atomic E-state index is 13.1. The summed E-state index contributed by atoms with van der Waals surface area (Å²) in [6, 6.07) is 6.87.